The van der Waals surface area contributed by atoms with Crippen molar-refractivity contribution >= 4 is 0 Å². The highest BCUT2D eigenvalue weighted by Gasteiger charge is 2.34. The van der Waals surface area contributed by atoms with E-state index in [4.69, 9.17) is 0 Å². The van der Waals surface area contributed by atoms with Gasteiger partial charge >= 0.3 is 6.18 Å². The zero-order valence-corrected chi connectivity index (χ0v) is 8.69. The molecule has 1 N–H and O–H groups in total. The van der Waals surface area contributed by atoms with Crippen LogP contribution in [0.25, 0.3) is 0 Å². The Kier molecular flexibility index (Phi) is 3.21. The number of alkyl halides is 3. The van der Waals surface area contributed by atoms with Crippen molar-refractivity contribution in [2.24, 2.45) is 11.8 Å². The number of hydrogen-bond acceptors (Lipinski definition) is 2. The molecule has 0 aromatic rings. The van der Waals surface area contributed by atoms with Gasteiger partial charge in [-0.25, -0.2) is 0 Å². The Morgan fingerprint density at radius 3 is 2.67 bits per heavy atom. The number of nitrogens with one attached hydrogen (secondary N) is 1. The molecule has 0 bridgehead atoms. The molecule has 0 saturated carbocycles. The Hall–Kier alpha value is -0.290. The van der Waals surface area contributed by atoms with Gasteiger partial charge in [0.2, 0.25) is 0 Å². The number of halogens is 3. The van der Waals surface area contributed by atoms with Gasteiger partial charge in [0, 0.05) is 13.1 Å². The van der Waals surface area contributed by atoms with Gasteiger partial charge in [-0.2, -0.15) is 13.2 Å². The zero-order valence-electron chi connectivity index (χ0n) is 8.69. The lowest BCUT2D eigenvalue weighted by molar-refractivity contribution is -0.139. The quantitative estimate of drug-likeness (QED) is 0.761. The fraction of sp³-hybridized carbons (Fsp3) is 1.00. The van der Waals surface area contributed by atoms with Crippen LogP contribution in [-0.2, 0) is 0 Å². The minimum absolute atomic E-state index is 0.173. The van der Waals surface area contributed by atoms with Gasteiger partial charge in [-0.15, -0.1) is 0 Å². The minimum Gasteiger partial charge on any atom is -0.316 e. The second-order valence-electron chi connectivity index (χ2n) is 4.63. The summed E-state index contributed by atoms with van der Waals surface area (Å²) < 4.78 is 36.1. The van der Waals surface area contributed by atoms with Gasteiger partial charge in [0.25, 0.3) is 0 Å². The predicted octanol–water partition coefficient (Wildman–Crippen LogP) is 1.48. The predicted molar refractivity (Wildman–Crippen MR) is 51.6 cm³/mol. The third-order valence-electron chi connectivity index (χ3n) is 3.50. The maximum atomic E-state index is 12.0. The number of nitrogens with zero attached hydrogens (tertiary/aromatic N) is 1. The van der Waals surface area contributed by atoms with Crippen LogP contribution in [-0.4, -0.2) is 43.8 Å². The van der Waals surface area contributed by atoms with Crippen LogP contribution in [0, 0.1) is 11.8 Å². The Bertz CT molecular complexity index is 217. The number of fused-ring (bicyclic) bond motifs is 1. The van der Waals surface area contributed by atoms with Gasteiger partial charge in [-0.05, 0) is 37.9 Å². The monoisotopic (exact) mass is 222 g/mol. The van der Waals surface area contributed by atoms with E-state index in [2.05, 4.69) is 5.32 Å². The van der Waals surface area contributed by atoms with Crippen molar-refractivity contribution in [3.8, 4) is 0 Å². The van der Waals surface area contributed by atoms with Crippen LogP contribution in [0.5, 0.6) is 0 Å². The molecule has 0 radical (unpaired) electrons. The molecule has 0 aromatic heterocycles. The average Bonchev–Trinajstić information content (AvgIpc) is 2.60. The zero-order chi connectivity index (χ0) is 10.9. The molecule has 2 fully saturated rings. The number of hydrogen-bond donors (Lipinski definition) is 1. The molecule has 2 rings (SSSR count). The smallest absolute Gasteiger partial charge is 0.316 e. The van der Waals surface area contributed by atoms with Gasteiger partial charge in [0.15, 0.2) is 0 Å². The summed E-state index contributed by atoms with van der Waals surface area (Å²) in [5.41, 5.74) is 0. The van der Waals surface area contributed by atoms with Gasteiger partial charge in [0.1, 0.15) is 0 Å². The number of rotatable bonds is 2. The molecule has 2 saturated heterocycles. The Morgan fingerprint density at radius 2 is 1.93 bits per heavy atom. The highest BCUT2D eigenvalue weighted by Crippen LogP contribution is 2.27. The van der Waals surface area contributed by atoms with Gasteiger partial charge in [-0.1, -0.05) is 0 Å². The summed E-state index contributed by atoms with van der Waals surface area (Å²) in [5.74, 6) is 1.28. The molecule has 2 aliphatic heterocycles. The first kappa shape index (κ1) is 11.2. The number of likely N-dealkylation sites (tertiary alicyclic amines) is 1. The van der Waals surface area contributed by atoms with Crippen molar-refractivity contribution in [2.45, 2.75) is 19.0 Å². The van der Waals surface area contributed by atoms with Gasteiger partial charge in [0.05, 0.1) is 6.42 Å². The molecule has 5 heteroatoms. The molecule has 2 heterocycles. The van der Waals surface area contributed by atoms with E-state index >= 15 is 0 Å². The topological polar surface area (TPSA) is 15.3 Å². The summed E-state index contributed by atoms with van der Waals surface area (Å²) in [6.07, 6.45) is -3.63. The van der Waals surface area contributed by atoms with Crippen LogP contribution in [0.15, 0.2) is 0 Å². The van der Waals surface area contributed by atoms with Crippen LogP contribution in [0.3, 0.4) is 0 Å². The number of piperidine rings is 1. The van der Waals surface area contributed by atoms with Crippen LogP contribution < -0.4 is 5.32 Å². The molecule has 2 aliphatic rings. The van der Waals surface area contributed by atoms with Crippen molar-refractivity contribution in [1.82, 2.24) is 10.2 Å². The fourth-order valence-electron chi connectivity index (χ4n) is 2.60. The summed E-state index contributed by atoms with van der Waals surface area (Å²) in [6.45, 7) is 3.88. The first-order valence-corrected chi connectivity index (χ1v) is 5.54. The standard InChI is InChI=1S/C10H17F3N2/c11-10(12,13)2-4-15-3-1-8-5-14-6-9(8)7-15/h8-9,14H,1-7H2. The Balaban J connectivity index is 1.75. The SMILES string of the molecule is FC(F)(F)CCN1CCC2CNCC2C1. The first-order valence-electron chi connectivity index (χ1n) is 5.54. The van der Waals surface area contributed by atoms with Crippen molar-refractivity contribution in [3.63, 3.8) is 0 Å². The van der Waals surface area contributed by atoms with Gasteiger partial charge < -0.3 is 10.2 Å². The molecule has 0 aromatic carbocycles. The van der Waals surface area contributed by atoms with E-state index in [1.54, 1.807) is 0 Å². The van der Waals surface area contributed by atoms with Crippen LogP contribution in [0.1, 0.15) is 12.8 Å². The molecule has 88 valence electrons. The van der Waals surface area contributed by atoms with E-state index in [0.29, 0.717) is 11.8 Å². The molecule has 15 heavy (non-hydrogen) atoms. The molecule has 2 unspecified atom stereocenters. The van der Waals surface area contributed by atoms with E-state index in [-0.39, 0.29) is 6.54 Å². The van der Waals surface area contributed by atoms with Crippen LogP contribution >= 0.6 is 0 Å². The summed E-state index contributed by atoms with van der Waals surface area (Å²) in [5, 5.41) is 3.31. The fourth-order valence-corrected chi connectivity index (χ4v) is 2.60. The van der Waals surface area contributed by atoms with Crippen molar-refractivity contribution in [2.75, 3.05) is 32.7 Å². The van der Waals surface area contributed by atoms with E-state index < -0.39 is 12.6 Å². The van der Waals surface area contributed by atoms with Crippen molar-refractivity contribution in [1.29, 1.82) is 0 Å². The van der Waals surface area contributed by atoms with Crippen LogP contribution in [0.2, 0.25) is 0 Å². The molecular weight excluding hydrogens is 205 g/mol. The molecule has 0 amide bonds. The maximum Gasteiger partial charge on any atom is 0.390 e. The highest BCUT2D eigenvalue weighted by molar-refractivity contribution is 4.87. The molecule has 0 spiro atoms. The molecular formula is C10H17F3N2. The Labute approximate surface area is 87.8 Å². The maximum absolute atomic E-state index is 12.0. The molecule has 0 aliphatic carbocycles. The summed E-state index contributed by atoms with van der Waals surface area (Å²) >= 11 is 0. The average molecular weight is 222 g/mol. The lowest BCUT2D eigenvalue weighted by Gasteiger charge is -2.34. The van der Waals surface area contributed by atoms with Crippen LogP contribution in [0.4, 0.5) is 13.2 Å². The summed E-state index contributed by atoms with van der Waals surface area (Å²) in [4.78, 5) is 1.96. The minimum atomic E-state index is -4.01. The third-order valence-corrected chi connectivity index (χ3v) is 3.50. The van der Waals surface area contributed by atoms with E-state index in [1.807, 2.05) is 4.90 Å². The lowest BCUT2D eigenvalue weighted by atomic mass is 9.89. The normalized spacial score (nSPS) is 33.0. The first-order chi connectivity index (χ1) is 7.04. The van der Waals surface area contributed by atoms with Gasteiger partial charge in [-0.3, -0.25) is 0 Å². The largest absolute Gasteiger partial charge is 0.390 e. The highest BCUT2D eigenvalue weighted by atomic mass is 19.4. The summed E-state index contributed by atoms with van der Waals surface area (Å²) in [7, 11) is 0. The third kappa shape index (κ3) is 3.08. The summed E-state index contributed by atoms with van der Waals surface area (Å²) in [6, 6.07) is 0. The van der Waals surface area contributed by atoms with Crippen molar-refractivity contribution in [3.05, 3.63) is 0 Å². The van der Waals surface area contributed by atoms with E-state index in [9.17, 15) is 13.2 Å². The van der Waals surface area contributed by atoms with Crippen molar-refractivity contribution < 1.29 is 13.2 Å². The Morgan fingerprint density at radius 1 is 1.20 bits per heavy atom. The molecule has 2 atom stereocenters. The second kappa shape index (κ2) is 4.29. The van der Waals surface area contributed by atoms with E-state index in [1.165, 1.54) is 0 Å². The van der Waals surface area contributed by atoms with E-state index in [0.717, 1.165) is 32.6 Å². The molecule has 2 nitrogen and oxygen atoms in total. The second-order valence-corrected chi connectivity index (χ2v) is 4.63. The lowest BCUT2D eigenvalue weighted by Crippen LogP contribution is -2.41.